The second kappa shape index (κ2) is 13.4. The number of aromatic nitrogens is 4. The molecular formula is C60H36N4. The molecule has 3 aromatic heterocycles. The van der Waals surface area contributed by atoms with Gasteiger partial charge < -0.3 is 9.13 Å². The van der Waals surface area contributed by atoms with Crippen LogP contribution >= 0.6 is 0 Å². The van der Waals surface area contributed by atoms with Crippen LogP contribution in [-0.2, 0) is 0 Å². The third-order valence-electron chi connectivity index (χ3n) is 13.4. The molecule has 0 unspecified atom stereocenters. The van der Waals surface area contributed by atoms with Gasteiger partial charge in [0, 0.05) is 38.4 Å². The van der Waals surface area contributed by atoms with Gasteiger partial charge in [0.15, 0.2) is 0 Å². The summed E-state index contributed by atoms with van der Waals surface area (Å²) in [6.45, 7) is 0. The lowest BCUT2D eigenvalue weighted by Gasteiger charge is -2.14. The number of hydrogen-bond donors (Lipinski definition) is 0. The highest BCUT2D eigenvalue weighted by Crippen LogP contribution is 2.43. The summed E-state index contributed by atoms with van der Waals surface area (Å²) in [7, 11) is 0. The van der Waals surface area contributed by atoms with E-state index < -0.39 is 0 Å². The van der Waals surface area contributed by atoms with Crippen molar-refractivity contribution in [2.75, 3.05) is 0 Å². The Bertz CT molecular complexity index is 4260. The summed E-state index contributed by atoms with van der Waals surface area (Å²) in [6, 6.07) is 79.2. The van der Waals surface area contributed by atoms with Gasteiger partial charge in [-0.2, -0.15) is 0 Å². The van der Waals surface area contributed by atoms with Crippen LogP contribution in [0.25, 0.3) is 132 Å². The Morgan fingerprint density at radius 3 is 1.72 bits per heavy atom. The molecule has 0 aliphatic carbocycles. The van der Waals surface area contributed by atoms with Crippen LogP contribution in [-0.4, -0.2) is 19.1 Å². The van der Waals surface area contributed by atoms with Crippen molar-refractivity contribution in [1.29, 1.82) is 0 Å². The smallest absolute Gasteiger partial charge is 0.0979 e. The molecule has 0 saturated carbocycles. The van der Waals surface area contributed by atoms with Crippen LogP contribution in [0.4, 0.5) is 0 Å². The summed E-state index contributed by atoms with van der Waals surface area (Å²) in [5.41, 5.74) is 12.7. The highest BCUT2D eigenvalue weighted by molar-refractivity contribution is 6.23. The van der Waals surface area contributed by atoms with Gasteiger partial charge in [-0.15, -0.1) is 0 Å². The van der Waals surface area contributed by atoms with Crippen LogP contribution in [0, 0.1) is 0 Å². The van der Waals surface area contributed by atoms with Gasteiger partial charge in [0.2, 0.25) is 0 Å². The van der Waals surface area contributed by atoms with E-state index in [-0.39, 0.29) is 0 Å². The molecule has 0 N–H and O–H groups in total. The van der Waals surface area contributed by atoms with E-state index in [1.807, 2.05) is 18.2 Å². The van der Waals surface area contributed by atoms with Gasteiger partial charge in [0.25, 0.3) is 0 Å². The van der Waals surface area contributed by atoms with Gasteiger partial charge in [-0.1, -0.05) is 152 Å². The van der Waals surface area contributed by atoms with Crippen molar-refractivity contribution in [2.45, 2.75) is 0 Å². The molecule has 0 saturated heterocycles. The van der Waals surface area contributed by atoms with E-state index in [0.717, 1.165) is 60.9 Å². The Morgan fingerprint density at radius 2 is 0.875 bits per heavy atom. The molecule has 14 rings (SSSR count). The van der Waals surface area contributed by atoms with E-state index in [1.54, 1.807) is 0 Å². The minimum Gasteiger partial charge on any atom is -0.309 e. The van der Waals surface area contributed by atoms with E-state index in [1.165, 1.54) is 70.7 Å². The first-order chi connectivity index (χ1) is 31.7. The Labute approximate surface area is 367 Å². The SMILES string of the molecule is c1ccc2cc3c(cc2c1)c1c(-n2c4ccccc4c4c5ccccc5ccc42)cccc1n3-c1ccc2cc(-c3nc4ccccc4nc3-c3cccc4ccccc34)ccc2c1. The summed E-state index contributed by atoms with van der Waals surface area (Å²) in [5.74, 6) is 0. The minimum atomic E-state index is 0.876. The van der Waals surface area contributed by atoms with Crippen LogP contribution in [0.15, 0.2) is 218 Å². The number of nitrogens with zero attached hydrogens (tertiary/aromatic N) is 4. The van der Waals surface area contributed by atoms with Gasteiger partial charge in [0.1, 0.15) is 0 Å². The van der Waals surface area contributed by atoms with E-state index in [0.29, 0.717) is 0 Å². The molecule has 0 aliphatic rings. The summed E-state index contributed by atoms with van der Waals surface area (Å²) >= 11 is 0. The van der Waals surface area contributed by atoms with Crippen molar-refractivity contribution in [2.24, 2.45) is 0 Å². The Balaban J connectivity index is 0.991. The molecule has 4 nitrogen and oxygen atoms in total. The zero-order valence-electron chi connectivity index (χ0n) is 34.6. The maximum Gasteiger partial charge on any atom is 0.0979 e. The van der Waals surface area contributed by atoms with Gasteiger partial charge >= 0.3 is 0 Å². The van der Waals surface area contributed by atoms with Crippen molar-refractivity contribution in [3.63, 3.8) is 0 Å². The number of rotatable bonds is 4. The average molecular weight is 813 g/mol. The molecule has 0 radical (unpaired) electrons. The first kappa shape index (κ1) is 35.0. The number of fused-ring (bicyclic) bond motifs is 12. The fraction of sp³-hybridized carbons (Fsp3) is 0. The lowest BCUT2D eigenvalue weighted by atomic mass is 9.97. The van der Waals surface area contributed by atoms with Crippen molar-refractivity contribution in [3.8, 4) is 33.9 Å². The fourth-order valence-electron chi connectivity index (χ4n) is 10.5. The fourth-order valence-corrected chi connectivity index (χ4v) is 10.5. The third kappa shape index (κ3) is 5.11. The molecule has 0 fully saturated rings. The van der Waals surface area contributed by atoms with Crippen molar-refractivity contribution >= 4 is 97.7 Å². The largest absolute Gasteiger partial charge is 0.309 e. The summed E-state index contributed by atoms with van der Waals surface area (Å²) in [4.78, 5) is 10.6. The standard InChI is InChI=1S/C60H36N4/c1-2-16-40-36-56-49(35-39(40)15-1)58-53(25-12-26-54(58)64-52-24-10-7-20-48(52)57-46-19-6-4-14-38(46)30-32-55(57)64)63(56)44-31-29-41-33-43(28-27-42(41)34-44)59-60(62-51-23-9-8-22-50(51)61-59)47-21-11-17-37-13-3-5-18-45(37)47/h1-36H. The molecule has 64 heavy (non-hydrogen) atoms. The van der Waals surface area contributed by atoms with Gasteiger partial charge in [0.05, 0.1) is 50.2 Å². The number of para-hydroxylation sites is 3. The number of hydrogen-bond acceptors (Lipinski definition) is 2. The molecule has 3 heterocycles. The zero-order valence-corrected chi connectivity index (χ0v) is 34.6. The lowest BCUT2D eigenvalue weighted by Crippen LogP contribution is -1.97. The molecule has 0 amide bonds. The molecule has 0 bridgehead atoms. The van der Waals surface area contributed by atoms with Gasteiger partial charge in [-0.05, 0) is 110 Å². The monoisotopic (exact) mass is 812 g/mol. The molecule has 0 aliphatic heterocycles. The average Bonchev–Trinajstić information content (AvgIpc) is 3.87. The predicted octanol–water partition coefficient (Wildman–Crippen LogP) is 15.8. The molecule has 4 heteroatoms. The maximum atomic E-state index is 5.30. The van der Waals surface area contributed by atoms with Crippen LogP contribution in [0.3, 0.4) is 0 Å². The van der Waals surface area contributed by atoms with Crippen molar-refractivity contribution in [1.82, 2.24) is 19.1 Å². The van der Waals surface area contributed by atoms with Crippen molar-refractivity contribution in [3.05, 3.63) is 218 Å². The maximum absolute atomic E-state index is 5.30. The number of benzene rings is 11. The first-order valence-corrected chi connectivity index (χ1v) is 21.9. The van der Waals surface area contributed by atoms with E-state index in [2.05, 4.69) is 209 Å². The second-order valence-electron chi connectivity index (χ2n) is 16.9. The minimum absolute atomic E-state index is 0.876. The zero-order chi connectivity index (χ0) is 41.9. The third-order valence-corrected chi connectivity index (χ3v) is 13.4. The Morgan fingerprint density at radius 1 is 0.297 bits per heavy atom. The Hall–Kier alpha value is -8.60. The van der Waals surface area contributed by atoms with Crippen LogP contribution in [0.1, 0.15) is 0 Å². The van der Waals surface area contributed by atoms with E-state index >= 15 is 0 Å². The topological polar surface area (TPSA) is 35.6 Å². The quantitative estimate of drug-likeness (QED) is 0.177. The molecule has 296 valence electrons. The highest BCUT2D eigenvalue weighted by atomic mass is 15.0. The molecule has 0 atom stereocenters. The summed E-state index contributed by atoms with van der Waals surface area (Å²) < 4.78 is 4.95. The van der Waals surface area contributed by atoms with Crippen LogP contribution in [0.5, 0.6) is 0 Å². The highest BCUT2D eigenvalue weighted by Gasteiger charge is 2.22. The van der Waals surface area contributed by atoms with Crippen LogP contribution < -0.4 is 0 Å². The summed E-state index contributed by atoms with van der Waals surface area (Å²) in [6.07, 6.45) is 0. The second-order valence-corrected chi connectivity index (χ2v) is 16.9. The molecule has 11 aromatic carbocycles. The van der Waals surface area contributed by atoms with Gasteiger partial charge in [-0.25, -0.2) is 9.97 Å². The Kier molecular flexibility index (Phi) is 7.36. The van der Waals surface area contributed by atoms with Crippen LogP contribution in [0.2, 0.25) is 0 Å². The summed E-state index contributed by atoms with van der Waals surface area (Å²) in [5, 5.41) is 14.6. The normalized spacial score (nSPS) is 12.1. The van der Waals surface area contributed by atoms with Crippen molar-refractivity contribution < 1.29 is 0 Å². The molecule has 0 spiro atoms. The lowest BCUT2D eigenvalue weighted by molar-refractivity contribution is 1.17. The molecular weight excluding hydrogens is 777 g/mol. The van der Waals surface area contributed by atoms with E-state index in [9.17, 15) is 0 Å². The van der Waals surface area contributed by atoms with Gasteiger partial charge in [-0.3, -0.25) is 0 Å². The van der Waals surface area contributed by atoms with E-state index in [4.69, 9.17) is 9.97 Å². The first-order valence-electron chi connectivity index (χ1n) is 21.9. The molecule has 14 aromatic rings. The predicted molar refractivity (Wildman–Crippen MR) is 269 cm³/mol.